The van der Waals surface area contributed by atoms with E-state index in [-0.39, 0.29) is 0 Å². The molecule has 1 aromatic rings. The summed E-state index contributed by atoms with van der Waals surface area (Å²) in [6.45, 7) is 8.04. The molecule has 2 atom stereocenters. The SMILES string of the molecule is CCN1CC[C@@H](N(C)c2ncc(Br)cn2)[C@@H](C)C1. The minimum atomic E-state index is 0.536. The molecule has 1 aliphatic heterocycles. The molecule has 1 aliphatic rings. The maximum absolute atomic E-state index is 4.38. The van der Waals surface area contributed by atoms with E-state index in [1.165, 1.54) is 19.5 Å². The topological polar surface area (TPSA) is 32.3 Å². The second kappa shape index (κ2) is 5.97. The zero-order valence-electron chi connectivity index (χ0n) is 11.3. The molecule has 0 unspecified atom stereocenters. The lowest BCUT2D eigenvalue weighted by Gasteiger charge is -2.40. The fourth-order valence-corrected chi connectivity index (χ4v) is 2.92. The molecule has 0 aliphatic carbocycles. The van der Waals surface area contributed by atoms with Crippen LogP contribution in [-0.4, -0.2) is 47.6 Å². The van der Waals surface area contributed by atoms with Gasteiger partial charge in [-0.2, -0.15) is 0 Å². The Labute approximate surface area is 118 Å². The van der Waals surface area contributed by atoms with Crippen molar-refractivity contribution in [1.29, 1.82) is 0 Å². The van der Waals surface area contributed by atoms with E-state index in [9.17, 15) is 0 Å². The first-order chi connectivity index (χ1) is 8.61. The van der Waals surface area contributed by atoms with Crippen molar-refractivity contribution in [2.45, 2.75) is 26.3 Å². The predicted octanol–water partition coefficient (Wildman–Crippen LogP) is 2.41. The number of halogens is 1. The summed E-state index contributed by atoms with van der Waals surface area (Å²) in [6, 6.07) is 0.536. The van der Waals surface area contributed by atoms with Gasteiger partial charge in [-0.3, -0.25) is 0 Å². The van der Waals surface area contributed by atoms with Crippen LogP contribution in [0, 0.1) is 5.92 Å². The van der Waals surface area contributed by atoms with Gasteiger partial charge in [0.1, 0.15) is 0 Å². The first-order valence-electron chi connectivity index (χ1n) is 6.54. The molecule has 0 saturated carbocycles. The molecule has 100 valence electrons. The summed E-state index contributed by atoms with van der Waals surface area (Å²) in [7, 11) is 2.10. The summed E-state index contributed by atoms with van der Waals surface area (Å²) < 4.78 is 0.925. The highest BCUT2D eigenvalue weighted by Crippen LogP contribution is 2.23. The van der Waals surface area contributed by atoms with Gasteiger partial charge < -0.3 is 9.80 Å². The van der Waals surface area contributed by atoms with Crippen molar-refractivity contribution in [1.82, 2.24) is 14.9 Å². The van der Waals surface area contributed by atoms with Crippen LogP contribution in [-0.2, 0) is 0 Å². The Kier molecular flexibility index (Phi) is 4.56. The third-order valence-corrected chi connectivity index (χ3v) is 4.22. The van der Waals surface area contributed by atoms with Gasteiger partial charge in [0.25, 0.3) is 0 Å². The summed E-state index contributed by atoms with van der Waals surface area (Å²) in [4.78, 5) is 13.5. The highest BCUT2D eigenvalue weighted by atomic mass is 79.9. The molecule has 0 aromatic carbocycles. The molecule has 4 nitrogen and oxygen atoms in total. The lowest BCUT2D eigenvalue weighted by molar-refractivity contribution is 0.168. The van der Waals surface area contributed by atoms with Crippen molar-refractivity contribution < 1.29 is 0 Å². The summed E-state index contributed by atoms with van der Waals surface area (Å²) in [5, 5.41) is 0. The molecule has 0 bridgehead atoms. The molecular formula is C13H21BrN4. The highest BCUT2D eigenvalue weighted by Gasteiger charge is 2.29. The largest absolute Gasteiger partial charge is 0.341 e. The quantitative estimate of drug-likeness (QED) is 0.858. The Morgan fingerprint density at radius 2 is 2.11 bits per heavy atom. The molecule has 0 amide bonds. The number of nitrogens with zero attached hydrogens (tertiary/aromatic N) is 4. The van der Waals surface area contributed by atoms with Crippen molar-refractivity contribution in [2.75, 3.05) is 31.6 Å². The molecule has 18 heavy (non-hydrogen) atoms. The maximum Gasteiger partial charge on any atom is 0.225 e. The molecule has 2 heterocycles. The number of aromatic nitrogens is 2. The Bertz CT molecular complexity index is 381. The first kappa shape index (κ1) is 13.7. The fraction of sp³-hybridized carbons (Fsp3) is 0.692. The van der Waals surface area contributed by atoms with Crippen LogP contribution in [0.4, 0.5) is 5.95 Å². The molecule has 1 saturated heterocycles. The van der Waals surface area contributed by atoms with Gasteiger partial charge in [0, 0.05) is 38.6 Å². The molecule has 2 rings (SSSR count). The van der Waals surface area contributed by atoms with E-state index in [1.54, 1.807) is 0 Å². The van der Waals surface area contributed by atoms with Gasteiger partial charge in [0.2, 0.25) is 5.95 Å². The Morgan fingerprint density at radius 3 is 2.67 bits per heavy atom. The van der Waals surface area contributed by atoms with Crippen LogP contribution in [0.1, 0.15) is 20.3 Å². The molecule has 0 N–H and O–H groups in total. The van der Waals surface area contributed by atoms with E-state index in [0.29, 0.717) is 12.0 Å². The van der Waals surface area contributed by atoms with Crippen LogP contribution in [0.25, 0.3) is 0 Å². The van der Waals surface area contributed by atoms with Crippen LogP contribution in [0.2, 0.25) is 0 Å². The van der Waals surface area contributed by atoms with Gasteiger partial charge in [0.15, 0.2) is 0 Å². The smallest absolute Gasteiger partial charge is 0.225 e. The van der Waals surface area contributed by atoms with Crippen molar-refractivity contribution in [3.63, 3.8) is 0 Å². The zero-order chi connectivity index (χ0) is 13.1. The molecule has 1 aromatic heterocycles. The molecule has 0 spiro atoms. The standard InChI is InChI=1S/C13H21BrN4/c1-4-18-6-5-12(10(2)9-18)17(3)13-15-7-11(14)8-16-13/h7-8,10,12H,4-6,9H2,1-3H3/t10-,12+/m0/s1. The van der Waals surface area contributed by atoms with Gasteiger partial charge >= 0.3 is 0 Å². The Hall–Kier alpha value is -0.680. The van der Waals surface area contributed by atoms with E-state index in [1.807, 2.05) is 12.4 Å². The second-order valence-corrected chi connectivity index (χ2v) is 5.95. The fourth-order valence-electron chi connectivity index (χ4n) is 2.72. The van der Waals surface area contributed by atoms with Crippen LogP contribution in [0.3, 0.4) is 0 Å². The van der Waals surface area contributed by atoms with E-state index < -0.39 is 0 Å². The van der Waals surface area contributed by atoms with E-state index in [4.69, 9.17) is 0 Å². The summed E-state index contributed by atoms with van der Waals surface area (Å²) >= 11 is 3.37. The van der Waals surface area contributed by atoms with Crippen LogP contribution in [0.15, 0.2) is 16.9 Å². The van der Waals surface area contributed by atoms with Gasteiger partial charge in [-0.15, -0.1) is 0 Å². The lowest BCUT2D eigenvalue weighted by atomic mass is 9.93. The summed E-state index contributed by atoms with van der Waals surface area (Å²) in [5.41, 5.74) is 0. The summed E-state index contributed by atoms with van der Waals surface area (Å²) in [6.07, 6.45) is 4.81. The van der Waals surface area contributed by atoms with Crippen LogP contribution in [0.5, 0.6) is 0 Å². The highest BCUT2D eigenvalue weighted by molar-refractivity contribution is 9.10. The van der Waals surface area contributed by atoms with Gasteiger partial charge in [-0.05, 0) is 34.8 Å². The molecule has 1 fully saturated rings. The number of hydrogen-bond acceptors (Lipinski definition) is 4. The van der Waals surface area contributed by atoms with E-state index in [0.717, 1.165) is 17.0 Å². The minimum absolute atomic E-state index is 0.536. The third-order valence-electron chi connectivity index (χ3n) is 3.81. The Balaban J connectivity index is 2.05. The predicted molar refractivity (Wildman–Crippen MR) is 77.8 cm³/mol. The molecule has 0 radical (unpaired) electrons. The van der Waals surface area contributed by atoms with Gasteiger partial charge in [0.05, 0.1) is 4.47 Å². The average Bonchev–Trinajstić information content (AvgIpc) is 2.38. The Morgan fingerprint density at radius 1 is 1.44 bits per heavy atom. The van der Waals surface area contributed by atoms with E-state index in [2.05, 4.69) is 56.6 Å². The third kappa shape index (κ3) is 3.01. The van der Waals surface area contributed by atoms with Crippen LogP contribution >= 0.6 is 15.9 Å². The minimum Gasteiger partial charge on any atom is -0.341 e. The van der Waals surface area contributed by atoms with Gasteiger partial charge in [-0.1, -0.05) is 13.8 Å². The maximum atomic E-state index is 4.38. The zero-order valence-corrected chi connectivity index (χ0v) is 12.9. The van der Waals surface area contributed by atoms with Crippen molar-refractivity contribution in [2.24, 2.45) is 5.92 Å². The first-order valence-corrected chi connectivity index (χ1v) is 7.33. The number of likely N-dealkylation sites (tertiary alicyclic amines) is 1. The van der Waals surface area contributed by atoms with Crippen molar-refractivity contribution in [3.8, 4) is 0 Å². The average molecular weight is 313 g/mol. The monoisotopic (exact) mass is 312 g/mol. The number of anilines is 1. The van der Waals surface area contributed by atoms with Gasteiger partial charge in [-0.25, -0.2) is 9.97 Å². The molecular weight excluding hydrogens is 292 g/mol. The normalized spacial score (nSPS) is 25.1. The lowest BCUT2D eigenvalue weighted by Crippen LogP contribution is -2.49. The van der Waals surface area contributed by atoms with E-state index >= 15 is 0 Å². The summed E-state index contributed by atoms with van der Waals surface area (Å²) in [5.74, 6) is 1.47. The number of hydrogen-bond donors (Lipinski definition) is 0. The number of piperidine rings is 1. The second-order valence-electron chi connectivity index (χ2n) is 5.04. The van der Waals surface area contributed by atoms with Crippen molar-refractivity contribution >= 4 is 21.9 Å². The molecule has 5 heteroatoms. The van der Waals surface area contributed by atoms with Crippen LogP contribution < -0.4 is 4.90 Å². The number of rotatable bonds is 3. The van der Waals surface area contributed by atoms with Crippen molar-refractivity contribution in [3.05, 3.63) is 16.9 Å².